The number of hydrogen-bond donors (Lipinski definition) is 0. The Bertz CT molecular complexity index is 1040. The van der Waals surface area contributed by atoms with Crippen molar-refractivity contribution >= 4 is 11.9 Å². The number of hydrogen-bond acceptors (Lipinski definition) is 6. The van der Waals surface area contributed by atoms with E-state index in [4.69, 9.17) is 18.9 Å². The Labute approximate surface area is 208 Å². The summed E-state index contributed by atoms with van der Waals surface area (Å²) in [4.78, 5) is 24.2. The van der Waals surface area contributed by atoms with Crippen molar-refractivity contribution in [2.75, 3.05) is 0 Å². The molecule has 0 radical (unpaired) electrons. The second kappa shape index (κ2) is 11.3. The van der Waals surface area contributed by atoms with Gasteiger partial charge in [-0.15, -0.1) is 0 Å². The van der Waals surface area contributed by atoms with Crippen LogP contribution in [0.4, 0.5) is 0 Å². The van der Waals surface area contributed by atoms with E-state index in [9.17, 15) is 9.59 Å². The summed E-state index contributed by atoms with van der Waals surface area (Å²) in [7, 11) is 0. The van der Waals surface area contributed by atoms with Gasteiger partial charge in [-0.2, -0.15) is 0 Å². The quantitative estimate of drug-likeness (QED) is 0.223. The molecule has 188 valence electrons. The molecule has 2 aromatic rings. The Kier molecular flexibility index (Phi) is 8.91. The van der Waals surface area contributed by atoms with Crippen molar-refractivity contribution in [1.82, 2.24) is 0 Å². The summed E-state index contributed by atoms with van der Waals surface area (Å²) in [6.45, 7) is 22.4. The Morgan fingerprint density at radius 1 is 0.714 bits per heavy atom. The van der Waals surface area contributed by atoms with Crippen molar-refractivity contribution < 1.29 is 28.5 Å². The molecule has 0 unspecified atom stereocenters. The zero-order valence-electron chi connectivity index (χ0n) is 22.0. The SMILES string of the molecule is C=CC(=O)Oc1c(C)ccc(C(C)(C)c2ccc(C)c(OC(=O)C=C)c2OC(C)C)c1OC(C)C. The summed E-state index contributed by atoms with van der Waals surface area (Å²) in [6, 6.07) is 7.66. The molecule has 2 rings (SSSR count). The van der Waals surface area contributed by atoms with Gasteiger partial charge in [0.05, 0.1) is 12.2 Å². The topological polar surface area (TPSA) is 71.1 Å². The van der Waals surface area contributed by atoms with Crippen molar-refractivity contribution in [3.63, 3.8) is 0 Å². The molecule has 0 bridgehead atoms. The van der Waals surface area contributed by atoms with E-state index in [2.05, 4.69) is 13.2 Å². The van der Waals surface area contributed by atoms with Crippen molar-refractivity contribution in [3.8, 4) is 23.0 Å². The van der Waals surface area contributed by atoms with E-state index in [-0.39, 0.29) is 12.2 Å². The third kappa shape index (κ3) is 6.32. The van der Waals surface area contributed by atoms with Crippen LogP contribution in [0.3, 0.4) is 0 Å². The summed E-state index contributed by atoms with van der Waals surface area (Å²) >= 11 is 0. The van der Waals surface area contributed by atoms with E-state index in [1.165, 1.54) is 0 Å². The summed E-state index contributed by atoms with van der Waals surface area (Å²) in [5.41, 5.74) is 2.35. The fourth-order valence-corrected chi connectivity index (χ4v) is 3.70. The highest BCUT2D eigenvalue weighted by molar-refractivity contribution is 5.85. The van der Waals surface area contributed by atoms with Crippen LogP contribution < -0.4 is 18.9 Å². The summed E-state index contributed by atoms with van der Waals surface area (Å²) in [6.07, 6.45) is 1.87. The average molecular weight is 481 g/mol. The molecule has 0 fully saturated rings. The van der Waals surface area contributed by atoms with Crippen LogP contribution in [-0.4, -0.2) is 24.1 Å². The Morgan fingerprint density at radius 2 is 1.06 bits per heavy atom. The second-order valence-electron chi connectivity index (χ2n) is 9.39. The Balaban J connectivity index is 2.86. The van der Waals surface area contributed by atoms with Gasteiger partial charge in [0.2, 0.25) is 0 Å². The van der Waals surface area contributed by atoms with E-state index in [0.29, 0.717) is 23.0 Å². The molecule has 35 heavy (non-hydrogen) atoms. The van der Waals surface area contributed by atoms with E-state index < -0.39 is 17.4 Å². The van der Waals surface area contributed by atoms with E-state index in [1.54, 1.807) is 0 Å². The molecule has 0 aromatic heterocycles. The van der Waals surface area contributed by atoms with Gasteiger partial charge in [-0.3, -0.25) is 0 Å². The predicted molar refractivity (Wildman–Crippen MR) is 138 cm³/mol. The Hall–Kier alpha value is -3.54. The maximum absolute atomic E-state index is 12.1. The zero-order chi connectivity index (χ0) is 26.5. The first kappa shape index (κ1) is 27.7. The molecule has 2 aromatic carbocycles. The van der Waals surface area contributed by atoms with Gasteiger partial charge in [0, 0.05) is 28.7 Å². The normalized spacial score (nSPS) is 11.3. The number of carbonyl (C=O) groups is 2. The molecule has 6 nitrogen and oxygen atoms in total. The number of ether oxygens (including phenoxy) is 4. The fourth-order valence-electron chi connectivity index (χ4n) is 3.70. The second-order valence-corrected chi connectivity index (χ2v) is 9.39. The highest BCUT2D eigenvalue weighted by Gasteiger charge is 2.35. The van der Waals surface area contributed by atoms with E-state index >= 15 is 0 Å². The predicted octanol–water partition coefficient (Wildman–Crippen LogP) is 6.39. The van der Waals surface area contributed by atoms with Crippen molar-refractivity contribution in [2.24, 2.45) is 0 Å². The number of esters is 2. The molecule has 0 atom stereocenters. The highest BCUT2D eigenvalue weighted by atomic mass is 16.6. The van der Waals surface area contributed by atoms with Crippen LogP contribution in [0.25, 0.3) is 0 Å². The van der Waals surface area contributed by atoms with Crippen LogP contribution >= 0.6 is 0 Å². The van der Waals surface area contributed by atoms with Crippen LogP contribution in [0.15, 0.2) is 49.6 Å². The molecule has 0 aliphatic carbocycles. The van der Waals surface area contributed by atoms with Crippen LogP contribution in [-0.2, 0) is 15.0 Å². The lowest BCUT2D eigenvalue weighted by Crippen LogP contribution is -2.25. The molecule has 0 N–H and O–H groups in total. The zero-order valence-corrected chi connectivity index (χ0v) is 22.0. The van der Waals surface area contributed by atoms with E-state index in [0.717, 1.165) is 34.4 Å². The molecular formula is C29H36O6. The van der Waals surface area contributed by atoms with Gasteiger partial charge in [-0.05, 0) is 52.7 Å². The molecule has 6 heteroatoms. The minimum Gasteiger partial charge on any atom is -0.487 e. The smallest absolute Gasteiger partial charge is 0.335 e. The maximum Gasteiger partial charge on any atom is 0.335 e. The first-order chi connectivity index (χ1) is 16.3. The van der Waals surface area contributed by atoms with Crippen molar-refractivity contribution in [3.05, 3.63) is 71.8 Å². The lowest BCUT2D eigenvalue weighted by molar-refractivity contribution is -0.130. The summed E-state index contributed by atoms with van der Waals surface area (Å²) < 4.78 is 23.7. The maximum atomic E-state index is 12.1. The average Bonchev–Trinajstić information content (AvgIpc) is 2.77. The molecule has 0 saturated heterocycles. The molecule has 0 aliphatic heterocycles. The van der Waals surface area contributed by atoms with E-state index in [1.807, 2.05) is 79.7 Å². The minimum atomic E-state index is -0.708. The van der Waals surface area contributed by atoms with Gasteiger partial charge >= 0.3 is 11.9 Å². The van der Waals surface area contributed by atoms with Crippen LogP contribution in [0, 0.1) is 13.8 Å². The van der Waals surface area contributed by atoms with Gasteiger partial charge in [-0.25, -0.2) is 9.59 Å². The molecule has 0 spiro atoms. The first-order valence-electron chi connectivity index (χ1n) is 11.6. The molecule has 0 heterocycles. The lowest BCUT2D eigenvalue weighted by atomic mass is 9.76. The molecule has 0 amide bonds. The molecular weight excluding hydrogens is 444 g/mol. The number of carbonyl (C=O) groups excluding carboxylic acids is 2. The number of benzene rings is 2. The number of aryl methyl sites for hydroxylation is 2. The van der Waals surface area contributed by atoms with Gasteiger partial charge in [0.15, 0.2) is 23.0 Å². The highest BCUT2D eigenvalue weighted by Crippen LogP contribution is 2.49. The molecule has 0 saturated carbocycles. The van der Waals surface area contributed by atoms with Crippen LogP contribution in [0.2, 0.25) is 0 Å². The van der Waals surface area contributed by atoms with Crippen molar-refractivity contribution in [1.29, 1.82) is 0 Å². The summed E-state index contributed by atoms with van der Waals surface area (Å²) in [5, 5.41) is 0. The standard InChI is InChI=1S/C29H36O6/c1-11-23(30)34-25-19(7)13-15-21(27(25)32-17(3)4)29(9,10)22-16-14-20(8)26(35-24(31)12-2)28(22)33-18(5)6/h11-18H,1-2H2,3-10H3. The largest absolute Gasteiger partial charge is 0.487 e. The third-order valence-electron chi connectivity index (χ3n) is 5.41. The number of rotatable bonds is 10. The van der Waals surface area contributed by atoms with Gasteiger partial charge in [0.25, 0.3) is 0 Å². The van der Waals surface area contributed by atoms with Gasteiger partial charge < -0.3 is 18.9 Å². The van der Waals surface area contributed by atoms with Crippen molar-refractivity contribution in [2.45, 2.75) is 73.0 Å². The first-order valence-corrected chi connectivity index (χ1v) is 11.6. The third-order valence-corrected chi connectivity index (χ3v) is 5.41. The minimum absolute atomic E-state index is 0.180. The van der Waals surface area contributed by atoms with Gasteiger partial charge in [0.1, 0.15) is 0 Å². The molecule has 0 aliphatic rings. The Morgan fingerprint density at radius 3 is 1.34 bits per heavy atom. The monoisotopic (exact) mass is 480 g/mol. The van der Waals surface area contributed by atoms with Gasteiger partial charge in [-0.1, -0.05) is 51.3 Å². The lowest BCUT2D eigenvalue weighted by Gasteiger charge is -2.33. The van der Waals surface area contributed by atoms with Crippen LogP contribution in [0.1, 0.15) is 63.8 Å². The summed E-state index contributed by atoms with van der Waals surface area (Å²) in [5.74, 6) is 0.447. The fraction of sp³-hybridized carbons (Fsp3) is 0.379. The van der Waals surface area contributed by atoms with Crippen LogP contribution in [0.5, 0.6) is 23.0 Å².